The molecule has 0 atom stereocenters. The Balaban J connectivity index is 1.65. The van der Waals surface area contributed by atoms with Crippen LogP contribution in [0, 0.1) is 12.7 Å². The van der Waals surface area contributed by atoms with Crippen LogP contribution < -0.4 is 10.2 Å². The molecule has 3 aromatic rings. The fraction of sp³-hybridized carbons (Fsp3) is 0.273. The van der Waals surface area contributed by atoms with E-state index in [1.54, 1.807) is 32.9 Å². The molecule has 0 saturated carbocycles. The van der Waals surface area contributed by atoms with Gasteiger partial charge in [-0.15, -0.1) is 0 Å². The van der Waals surface area contributed by atoms with Crippen LogP contribution in [0.2, 0.25) is 0 Å². The maximum Gasteiger partial charge on any atom is 0.325 e. The quantitative estimate of drug-likeness (QED) is 0.605. The zero-order valence-electron chi connectivity index (χ0n) is 17.3. The molecule has 2 aromatic carbocycles. The molecule has 1 aliphatic rings. The van der Waals surface area contributed by atoms with Gasteiger partial charge in [-0.2, -0.15) is 0 Å². The second-order valence-corrected chi connectivity index (χ2v) is 8.90. The van der Waals surface area contributed by atoms with Crippen molar-refractivity contribution in [3.8, 4) is 0 Å². The summed E-state index contributed by atoms with van der Waals surface area (Å²) < 4.78 is 15.2. The van der Waals surface area contributed by atoms with Gasteiger partial charge in [-0.1, -0.05) is 29.5 Å². The SMILES string of the molecule is Cc1ccc(N(C(=O)CCN2C(=O)NC(C)(C)C2=O)c2nc3ccccc3s2)cc1F. The molecule has 1 N–H and O–H groups in total. The second-order valence-electron chi connectivity index (χ2n) is 7.89. The lowest BCUT2D eigenvalue weighted by Crippen LogP contribution is -2.40. The summed E-state index contributed by atoms with van der Waals surface area (Å²) in [4.78, 5) is 44.7. The Kier molecular flexibility index (Phi) is 5.22. The van der Waals surface area contributed by atoms with Crippen molar-refractivity contribution in [2.45, 2.75) is 32.7 Å². The molecule has 4 rings (SSSR count). The van der Waals surface area contributed by atoms with Gasteiger partial charge in [0.15, 0.2) is 5.13 Å². The van der Waals surface area contributed by atoms with Crippen LogP contribution in [0.5, 0.6) is 0 Å². The highest BCUT2D eigenvalue weighted by Gasteiger charge is 2.44. The molecule has 7 nitrogen and oxygen atoms in total. The van der Waals surface area contributed by atoms with Gasteiger partial charge in [0.05, 0.1) is 15.9 Å². The van der Waals surface area contributed by atoms with E-state index in [0.29, 0.717) is 16.4 Å². The van der Waals surface area contributed by atoms with E-state index in [1.165, 1.54) is 22.3 Å². The highest BCUT2D eigenvalue weighted by atomic mass is 32.1. The fourth-order valence-electron chi connectivity index (χ4n) is 3.38. The van der Waals surface area contributed by atoms with Crippen LogP contribution in [0.4, 0.5) is 20.0 Å². The van der Waals surface area contributed by atoms with E-state index >= 15 is 0 Å². The Morgan fingerprint density at radius 3 is 2.61 bits per heavy atom. The van der Waals surface area contributed by atoms with E-state index < -0.39 is 29.2 Å². The number of imide groups is 1. The zero-order chi connectivity index (χ0) is 22.3. The van der Waals surface area contributed by atoms with Gasteiger partial charge in [-0.05, 0) is 50.6 Å². The number of rotatable bonds is 5. The third-order valence-corrected chi connectivity index (χ3v) is 6.15. The first-order valence-corrected chi connectivity index (χ1v) is 10.6. The Labute approximate surface area is 182 Å². The topological polar surface area (TPSA) is 82.6 Å². The van der Waals surface area contributed by atoms with E-state index in [1.807, 2.05) is 24.3 Å². The van der Waals surface area contributed by atoms with Gasteiger partial charge in [-0.3, -0.25) is 19.4 Å². The van der Waals surface area contributed by atoms with Crippen LogP contribution >= 0.6 is 11.3 Å². The van der Waals surface area contributed by atoms with E-state index in [2.05, 4.69) is 10.3 Å². The van der Waals surface area contributed by atoms with Gasteiger partial charge in [0.1, 0.15) is 11.4 Å². The molecule has 1 fully saturated rings. The van der Waals surface area contributed by atoms with Crippen LogP contribution in [-0.2, 0) is 9.59 Å². The van der Waals surface area contributed by atoms with Gasteiger partial charge < -0.3 is 5.32 Å². The van der Waals surface area contributed by atoms with Gasteiger partial charge in [-0.25, -0.2) is 14.2 Å². The highest BCUT2D eigenvalue weighted by molar-refractivity contribution is 7.22. The molecule has 2 heterocycles. The number of aromatic nitrogens is 1. The monoisotopic (exact) mass is 440 g/mol. The van der Waals surface area contributed by atoms with Crippen LogP contribution in [0.3, 0.4) is 0 Å². The first kappa shape index (κ1) is 20.9. The van der Waals surface area contributed by atoms with Crippen molar-refractivity contribution in [3.63, 3.8) is 0 Å². The zero-order valence-corrected chi connectivity index (χ0v) is 18.1. The molecule has 0 aliphatic carbocycles. The lowest BCUT2D eigenvalue weighted by atomic mass is 10.1. The number of hydrogen-bond donors (Lipinski definition) is 1. The highest BCUT2D eigenvalue weighted by Crippen LogP contribution is 2.34. The van der Waals surface area contributed by atoms with Crippen LogP contribution in [-0.4, -0.2) is 39.8 Å². The molecule has 9 heteroatoms. The number of aryl methyl sites for hydroxylation is 1. The van der Waals surface area contributed by atoms with Crippen molar-refractivity contribution < 1.29 is 18.8 Å². The van der Waals surface area contributed by atoms with Crippen molar-refractivity contribution in [1.82, 2.24) is 15.2 Å². The normalized spacial score (nSPS) is 15.4. The summed E-state index contributed by atoms with van der Waals surface area (Å²) in [5, 5.41) is 2.99. The molecule has 160 valence electrons. The minimum atomic E-state index is -1.01. The molecule has 31 heavy (non-hydrogen) atoms. The standard InChI is InChI=1S/C22H21FN4O3S/c1-13-8-9-14(12-15(13)23)27(21-24-16-6-4-5-7-17(16)31-21)18(28)10-11-26-19(29)22(2,3)25-20(26)30/h4-9,12H,10-11H2,1-3H3,(H,25,30). The molecule has 4 amide bonds. The van der Waals surface area contributed by atoms with Crippen molar-refractivity contribution in [3.05, 3.63) is 53.8 Å². The van der Waals surface area contributed by atoms with Gasteiger partial charge in [0.2, 0.25) is 5.91 Å². The molecule has 1 aromatic heterocycles. The third kappa shape index (κ3) is 3.88. The van der Waals surface area contributed by atoms with Crippen molar-refractivity contribution in [2.24, 2.45) is 0 Å². The smallest absolute Gasteiger partial charge is 0.324 e. The summed E-state index contributed by atoms with van der Waals surface area (Å²) in [5.74, 6) is -1.22. The van der Waals surface area contributed by atoms with E-state index in [0.717, 1.165) is 15.1 Å². The number of nitrogens with one attached hydrogen (secondary N) is 1. The Hall–Kier alpha value is -3.33. The van der Waals surface area contributed by atoms with Crippen LogP contribution in [0.1, 0.15) is 25.8 Å². The largest absolute Gasteiger partial charge is 0.325 e. The predicted octanol–water partition coefficient (Wildman–Crippen LogP) is 4.13. The number of benzene rings is 2. The number of anilines is 2. The Bertz CT molecular complexity index is 1170. The molecular weight excluding hydrogens is 419 g/mol. The number of halogens is 1. The number of para-hydroxylation sites is 1. The van der Waals surface area contributed by atoms with Gasteiger partial charge in [0.25, 0.3) is 5.91 Å². The first-order chi connectivity index (χ1) is 14.7. The summed E-state index contributed by atoms with van der Waals surface area (Å²) in [5.41, 5.74) is 0.517. The van der Waals surface area contributed by atoms with Gasteiger partial charge in [0, 0.05) is 13.0 Å². The fourth-order valence-corrected chi connectivity index (χ4v) is 4.38. The summed E-state index contributed by atoms with van der Waals surface area (Å²) in [7, 11) is 0. The van der Waals surface area contributed by atoms with E-state index in [-0.39, 0.29) is 13.0 Å². The summed E-state index contributed by atoms with van der Waals surface area (Å²) in [6.45, 7) is 4.78. The summed E-state index contributed by atoms with van der Waals surface area (Å²) >= 11 is 1.31. The molecule has 0 radical (unpaired) electrons. The first-order valence-electron chi connectivity index (χ1n) is 9.76. The average molecular weight is 441 g/mol. The third-order valence-electron chi connectivity index (χ3n) is 5.13. The molecule has 1 saturated heterocycles. The molecule has 0 bridgehead atoms. The van der Waals surface area contributed by atoms with Crippen LogP contribution in [0.25, 0.3) is 10.2 Å². The van der Waals surface area contributed by atoms with E-state index in [4.69, 9.17) is 0 Å². The average Bonchev–Trinajstić information content (AvgIpc) is 3.21. The summed E-state index contributed by atoms with van der Waals surface area (Å²) in [6, 6.07) is 11.5. The lowest BCUT2D eigenvalue weighted by Gasteiger charge is -2.22. The van der Waals surface area contributed by atoms with Crippen molar-refractivity contribution in [1.29, 1.82) is 0 Å². The lowest BCUT2D eigenvalue weighted by molar-refractivity contribution is -0.130. The number of carbonyl (C=O) groups excluding carboxylic acids is 3. The maximum atomic E-state index is 14.3. The second kappa shape index (κ2) is 7.73. The number of amides is 4. The summed E-state index contributed by atoms with van der Waals surface area (Å²) in [6.07, 6.45) is -0.124. The van der Waals surface area contributed by atoms with Crippen molar-refractivity contribution >= 4 is 50.2 Å². The van der Waals surface area contributed by atoms with Gasteiger partial charge >= 0.3 is 6.03 Å². The number of nitrogens with zero attached hydrogens (tertiary/aromatic N) is 3. The number of urea groups is 1. The Morgan fingerprint density at radius 2 is 1.97 bits per heavy atom. The molecule has 0 unspecified atom stereocenters. The molecule has 0 spiro atoms. The number of hydrogen-bond acceptors (Lipinski definition) is 5. The van der Waals surface area contributed by atoms with Crippen LogP contribution in [0.15, 0.2) is 42.5 Å². The molecular formula is C22H21FN4O3S. The number of thiazole rings is 1. The van der Waals surface area contributed by atoms with Crippen molar-refractivity contribution in [2.75, 3.05) is 11.4 Å². The maximum absolute atomic E-state index is 14.3. The number of fused-ring (bicyclic) bond motifs is 1. The molecule has 1 aliphatic heterocycles. The minimum absolute atomic E-state index is 0.0807. The predicted molar refractivity (Wildman–Crippen MR) is 117 cm³/mol. The number of carbonyl (C=O) groups is 3. The van der Waals surface area contributed by atoms with E-state index in [9.17, 15) is 18.8 Å². The minimum Gasteiger partial charge on any atom is -0.324 e. The Morgan fingerprint density at radius 1 is 1.23 bits per heavy atom.